The van der Waals surface area contributed by atoms with Gasteiger partial charge in [-0.25, -0.2) is 0 Å². The Kier molecular flexibility index (Phi) is 16.6. The van der Waals surface area contributed by atoms with Crippen molar-refractivity contribution in [3.8, 4) is 0 Å². The van der Waals surface area contributed by atoms with Crippen molar-refractivity contribution in [3.05, 3.63) is 0 Å². The van der Waals surface area contributed by atoms with Gasteiger partial charge in [-0.2, -0.15) is 0 Å². The van der Waals surface area contributed by atoms with E-state index in [4.69, 9.17) is 10.8 Å². The number of carbonyl (C=O) groups excluding carboxylic acids is 1. The summed E-state index contributed by atoms with van der Waals surface area (Å²) in [5, 5.41) is 18.9. The van der Waals surface area contributed by atoms with Gasteiger partial charge in [0.2, 0.25) is 5.91 Å². The molecule has 9 heteroatoms. The van der Waals surface area contributed by atoms with Crippen LogP contribution in [0, 0.1) is 46.3 Å². The van der Waals surface area contributed by atoms with Crippen molar-refractivity contribution in [2.45, 2.75) is 117 Å². The first kappa shape index (κ1) is 40.5. The third kappa shape index (κ3) is 13.3. The van der Waals surface area contributed by atoms with Gasteiger partial charge in [0.05, 0.1) is 6.42 Å². The lowest BCUT2D eigenvalue weighted by atomic mass is 9.49. The molecule has 0 spiro atoms. The van der Waals surface area contributed by atoms with Crippen molar-refractivity contribution in [2.75, 3.05) is 79.5 Å². The number of hydrogen-bond donors (Lipinski definition) is 5. The van der Waals surface area contributed by atoms with E-state index in [1.165, 1.54) is 89.9 Å². The summed E-state index contributed by atoms with van der Waals surface area (Å²) in [4.78, 5) is 27.9. The van der Waals surface area contributed by atoms with Gasteiger partial charge in [-0.1, -0.05) is 13.8 Å². The van der Waals surface area contributed by atoms with Gasteiger partial charge in [0.25, 0.3) is 0 Å². The van der Waals surface area contributed by atoms with E-state index in [9.17, 15) is 9.59 Å². The summed E-state index contributed by atoms with van der Waals surface area (Å²) in [5.41, 5.74) is 5.99. The summed E-state index contributed by atoms with van der Waals surface area (Å²) >= 11 is 0. The molecule has 49 heavy (non-hydrogen) atoms. The monoisotopic (exact) mass is 689 g/mol. The zero-order chi connectivity index (χ0) is 35.3. The Morgan fingerprint density at radius 3 is 1.35 bits per heavy atom. The molecule has 8 fully saturated rings. The molecule has 284 valence electrons. The van der Waals surface area contributed by atoms with Gasteiger partial charge >= 0.3 is 5.97 Å². The molecule has 0 aliphatic heterocycles. The highest BCUT2D eigenvalue weighted by atomic mass is 16.4. The first-order valence-electron chi connectivity index (χ1n) is 20.5. The van der Waals surface area contributed by atoms with Crippen LogP contribution in [-0.4, -0.2) is 106 Å². The average Bonchev–Trinajstić information content (AvgIpc) is 3.00. The Balaban J connectivity index is 0.000000183. The van der Waals surface area contributed by atoms with Crippen LogP contribution in [0.3, 0.4) is 0 Å². The molecule has 8 aliphatic carbocycles. The second-order valence-electron chi connectivity index (χ2n) is 17.8. The fourth-order valence-corrected chi connectivity index (χ4v) is 11.7. The van der Waals surface area contributed by atoms with Crippen LogP contribution < -0.4 is 21.7 Å². The molecule has 9 nitrogen and oxygen atoms in total. The SMILES string of the molecule is CCCNCCN(C)CCN.CCCNCCN(C)CCNC(=O)CC12CC3CC(CC(C3)C1)C2.O=C(O)CC12CC3CC(CC(C3)C1)C2. The lowest BCUT2D eigenvalue weighted by Gasteiger charge is -2.56. The number of hydrogen-bond acceptors (Lipinski definition) is 7. The molecule has 0 aromatic heterocycles. The number of rotatable bonds is 19. The van der Waals surface area contributed by atoms with Crippen LogP contribution in [0.25, 0.3) is 0 Å². The van der Waals surface area contributed by atoms with Gasteiger partial charge in [0.15, 0.2) is 0 Å². The number of aliphatic carboxylic acids is 1. The van der Waals surface area contributed by atoms with Crippen molar-refractivity contribution in [2.24, 2.45) is 52.1 Å². The van der Waals surface area contributed by atoms with E-state index in [0.717, 1.165) is 107 Å². The van der Waals surface area contributed by atoms with Crippen molar-refractivity contribution in [3.63, 3.8) is 0 Å². The third-order valence-electron chi connectivity index (χ3n) is 12.9. The standard InChI is InChI=1S/C20H37N3O.C12H18O2.C8H21N3/c1-3-4-21-5-7-23(2)8-6-22-19(24)15-20-12-16-9-17(13-20)11-18(10-16)14-20;13-11(14)7-12-4-8-1-9(5-12)3-10(2-8)6-12;1-3-5-10-6-8-11(2)7-4-9/h16-18,21H,3-15H2,1-2H3,(H,22,24);8-10H,1-7H2,(H,13,14);10H,3-9H2,1-2H3. The van der Waals surface area contributed by atoms with Gasteiger partial charge in [0, 0.05) is 58.8 Å². The summed E-state index contributed by atoms with van der Waals surface area (Å²) in [5.74, 6) is 5.16. The summed E-state index contributed by atoms with van der Waals surface area (Å²) in [6.45, 7) is 14.3. The van der Waals surface area contributed by atoms with Gasteiger partial charge in [-0.15, -0.1) is 0 Å². The van der Waals surface area contributed by atoms with E-state index in [-0.39, 0.29) is 5.41 Å². The molecule has 0 atom stereocenters. The highest BCUT2D eigenvalue weighted by Crippen LogP contribution is 2.62. The Bertz CT molecular complexity index is 920. The number of nitrogens with zero attached hydrogens (tertiary/aromatic N) is 2. The zero-order valence-electron chi connectivity index (χ0n) is 32.1. The fraction of sp³-hybridized carbons (Fsp3) is 0.950. The van der Waals surface area contributed by atoms with E-state index in [2.05, 4.69) is 53.7 Å². The normalized spacial score (nSPS) is 33.3. The minimum atomic E-state index is -0.577. The predicted octanol–water partition coefficient (Wildman–Crippen LogP) is 5.19. The number of amides is 1. The first-order valence-corrected chi connectivity index (χ1v) is 20.5. The molecule has 8 bridgehead atoms. The smallest absolute Gasteiger partial charge is 0.303 e. The third-order valence-corrected chi connectivity index (χ3v) is 12.9. The number of likely N-dealkylation sites (N-methyl/N-ethyl adjacent to an activating group) is 2. The molecule has 8 aliphatic rings. The molecule has 8 saturated carbocycles. The first-order chi connectivity index (χ1) is 23.5. The molecule has 0 saturated heterocycles. The second-order valence-corrected chi connectivity index (χ2v) is 17.8. The maximum Gasteiger partial charge on any atom is 0.303 e. The summed E-state index contributed by atoms with van der Waals surface area (Å²) < 4.78 is 0. The van der Waals surface area contributed by atoms with Gasteiger partial charge in [-0.05, 0) is 163 Å². The van der Waals surface area contributed by atoms with E-state index >= 15 is 0 Å². The molecule has 0 heterocycles. The number of nitrogens with one attached hydrogen (secondary N) is 3. The topological polar surface area (TPSA) is 123 Å². The van der Waals surface area contributed by atoms with Crippen LogP contribution >= 0.6 is 0 Å². The van der Waals surface area contributed by atoms with Gasteiger partial charge in [-0.3, -0.25) is 9.59 Å². The van der Waals surface area contributed by atoms with Crippen molar-refractivity contribution >= 4 is 11.9 Å². The van der Waals surface area contributed by atoms with Crippen LogP contribution in [0.1, 0.15) is 117 Å². The minimum absolute atomic E-state index is 0.223. The van der Waals surface area contributed by atoms with Crippen LogP contribution in [0.4, 0.5) is 0 Å². The number of carboxylic acid groups (broad SMARTS) is 1. The number of carboxylic acids is 1. The summed E-state index contributed by atoms with van der Waals surface area (Å²) in [7, 11) is 4.24. The maximum atomic E-state index is 12.5. The molecule has 8 rings (SSSR count). The highest BCUT2D eigenvalue weighted by Gasteiger charge is 2.52. The second kappa shape index (κ2) is 20.1. The quantitative estimate of drug-likeness (QED) is 0.118. The number of nitrogens with two attached hydrogens (primary N) is 1. The average molecular weight is 689 g/mol. The Morgan fingerprint density at radius 2 is 0.980 bits per heavy atom. The largest absolute Gasteiger partial charge is 0.481 e. The van der Waals surface area contributed by atoms with Gasteiger partial charge < -0.3 is 36.6 Å². The van der Waals surface area contributed by atoms with E-state index < -0.39 is 5.97 Å². The maximum absolute atomic E-state index is 12.5. The highest BCUT2D eigenvalue weighted by molar-refractivity contribution is 5.76. The van der Waals surface area contributed by atoms with Crippen molar-refractivity contribution in [1.29, 1.82) is 0 Å². The molecule has 0 aromatic rings. The molecular weight excluding hydrogens is 612 g/mol. The zero-order valence-corrected chi connectivity index (χ0v) is 32.1. The lowest BCUT2D eigenvalue weighted by molar-refractivity contribution is -0.145. The molecule has 6 N–H and O–H groups in total. The Morgan fingerprint density at radius 1 is 0.612 bits per heavy atom. The molecule has 0 radical (unpaired) electrons. The van der Waals surface area contributed by atoms with Gasteiger partial charge in [0.1, 0.15) is 0 Å². The Hall–Kier alpha value is -1.26. The van der Waals surface area contributed by atoms with Crippen LogP contribution in [0.5, 0.6) is 0 Å². The van der Waals surface area contributed by atoms with E-state index in [1.807, 2.05) is 0 Å². The minimum Gasteiger partial charge on any atom is -0.481 e. The van der Waals surface area contributed by atoms with Crippen LogP contribution in [-0.2, 0) is 9.59 Å². The fourth-order valence-electron chi connectivity index (χ4n) is 11.7. The predicted molar refractivity (Wildman–Crippen MR) is 201 cm³/mol. The summed E-state index contributed by atoms with van der Waals surface area (Å²) in [6.07, 6.45) is 19.8. The summed E-state index contributed by atoms with van der Waals surface area (Å²) in [6, 6.07) is 0. The lowest BCUT2D eigenvalue weighted by Crippen LogP contribution is -2.48. The Labute approximate surface area is 300 Å². The van der Waals surface area contributed by atoms with Crippen molar-refractivity contribution in [1.82, 2.24) is 25.8 Å². The molecule has 1 amide bonds. The molecule has 0 aromatic carbocycles. The molecule has 0 unspecified atom stereocenters. The van der Waals surface area contributed by atoms with E-state index in [0.29, 0.717) is 17.7 Å². The van der Waals surface area contributed by atoms with Crippen LogP contribution in [0.15, 0.2) is 0 Å². The van der Waals surface area contributed by atoms with Crippen molar-refractivity contribution < 1.29 is 14.7 Å². The van der Waals surface area contributed by atoms with E-state index in [1.54, 1.807) is 0 Å². The van der Waals surface area contributed by atoms with Crippen LogP contribution in [0.2, 0.25) is 0 Å². The number of carbonyl (C=O) groups is 2. The molecular formula is C40H76N6O3.